The molecule has 2 fully saturated rings. The normalized spacial score (nSPS) is 23.6. The molecule has 0 bridgehead atoms. The number of aromatic amines is 1. The number of benzene rings is 2. The number of H-pyrrole nitrogens is 1. The zero-order valence-corrected chi connectivity index (χ0v) is 19.0. The maximum absolute atomic E-state index is 13.8. The molecule has 170 valence electrons. The number of hydrogen-bond acceptors (Lipinski definition) is 2. The Morgan fingerprint density at radius 1 is 0.909 bits per heavy atom. The molecule has 2 atom stereocenters. The Morgan fingerprint density at radius 3 is 2.48 bits per heavy atom. The van der Waals surface area contributed by atoms with Crippen molar-refractivity contribution in [2.45, 2.75) is 69.5 Å². The number of nitrogens with zero attached hydrogens (tertiary/aromatic N) is 2. The summed E-state index contributed by atoms with van der Waals surface area (Å²) in [6.45, 7) is 0.234. The minimum Gasteiger partial charge on any atom is -0.356 e. The van der Waals surface area contributed by atoms with E-state index in [0.29, 0.717) is 6.42 Å². The van der Waals surface area contributed by atoms with Crippen LogP contribution in [0.5, 0.6) is 0 Å². The smallest absolute Gasteiger partial charge is 0.246 e. The molecule has 1 saturated carbocycles. The Hall–Kier alpha value is -3.08. The van der Waals surface area contributed by atoms with Crippen molar-refractivity contribution >= 4 is 22.7 Å². The molecule has 1 N–H and O–H groups in total. The van der Waals surface area contributed by atoms with E-state index in [1.165, 1.54) is 22.9 Å². The number of rotatable bonds is 4. The summed E-state index contributed by atoms with van der Waals surface area (Å²) in [6.07, 6.45) is 7.90. The summed E-state index contributed by atoms with van der Waals surface area (Å²) in [5, 5.41) is 1.19. The molecule has 1 aromatic heterocycles. The van der Waals surface area contributed by atoms with Crippen LogP contribution in [0.3, 0.4) is 0 Å². The van der Waals surface area contributed by atoms with Crippen molar-refractivity contribution in [3.8, 4) is 0 Å². The van der Waals surface area contributed by atoms with Crippen molar-refractivity contribution in [1.29, 1.82) is 0 Å². The van der Waals surface area contributed by atoms with Crippen LogP contribution in [0.15, 0.2) is 54.6 Å². The van der Waals surface area contributed by atoms with Gasteiger partial charge in [-0.05, 0) is 42.9 Å². The summed E-state index contributed by atoms with van der Waals surface area (Å²) in [7, 11) is 0. The summed E-state index contributed by atoms with van der Waals surface area (Å²) in [4.78, 5) is 34.9. The molecule has 0 radical (unpaired) electrons. The van der Waals surface area contributed by atoms with Gasteiger partial charge in [-0.15, -0.1) is 0 Å². The van der Waals surface area contributed by atoms with Gasteiger partial charge in [0.2, 0.25) is 11.8 Å². The van der Waals surface area contributed by atoms with Crippen LogP contribution in [-0.4, -0.2) is 45.2 Å². The first kappa shape index (κ1) is 20.5. The number of hydrogen-bond donors (Lipinski definition) is 1. The van der Waals surface area contributed by atoms with E-state index in [0.717, 1.165) is 49.7 Å². The van der Waals surface area contributed by atoms with E-state index >= 15 is 0 Å². The minimum atomic E-state index is -0.388. The highest BCUT2D eigenvalue weighted by atomic mass is 16.2. The van der Waals surface area contributed by atoms with E-state index in [2.05, 4.69) is 47.4 Å². The highest BCUT2D eigenvalue weighted by Crippen LogP contribution is 2.42. The number of carbonyl (C=O) groups excluding carboxylic acids is 2. The van der Waals surface area contributed by atoms with Crippen LogP contribution >= 0.6 is 0 Å². The minimum absolute atomic E-state index is 0.101. The van der Waals surface area contributed by atoms with Gasteiger partial charge in [0.15, 0.2) is 0 Å². The highest BCUT2D eigenvalue weighted by molar-refractivity contribution is 5.97. The number of fused-ring (bicyclic) bond motifs is 4. The van der Waals surface area contributed by atoms with E-state index in [1.54, 1.807) is 0 Å². The van der Waals surface area contributed by atoms with E-state index in [-0.39, 0.29) is 36.5 Å². The average molecular weight is 442 g/mol. The molecular weight excluding hydrogens is 410 g/mol. The Kier molecular flexibility index (Phi) is 5.20. The number of piperazine rings is 1. The molecule has 3 heterocycles. The van der Waals surface area contributed by atoms with Crippen LogP contribution in [0.4, 0.5) is 0 Å². The zero-order valence-electron chi connectivity index (χ0n) is 19.0. The van der Waals surface area contributed by atoms with Gasteiger partial charge in [0.1, 0.15) is 12.6 Å². The first-order valence-electron chi connectivity index (χ1n) is 12.5. The fraction of sp³-hybridized carbons (Fsp3) is 0.429. The van der Waals surface area contributed by atoms with Gasteiger partial charge >= 0.3 is 0 Å². The van der Waals surface area contributed by atoms with Gasteiger partial charge in [0, 0.05) is 29.1 Å². The maximum atomic E-state index is 13.8. The van der Waals surface area contributed by atoms with Crippen molar-refractivity contribution in [3.63, 3.8) is 0 Å². The largest absolute Gasteiger partial charge is 0.356 e. The molecule has 2 aliphatic heterocycles. The second-order valence-electron chi connectivity index (χ2n) is 9.88. The first-order chi connectivity index (χ1) is 16.2. The third-order valence-corrected chi connectivity index (χ3v) is 7.98. The van der Waals surface area contributed by atoms with Gasteiger partial charge in [0.05, 0.1) is 6.04 Å². The second-order valence-corrected chi connectivity index (χ2v) is 9.88. The quantitative estimate of drug-likeness (QED) is 0.634. The standard InChI is InChI=1S/C28H31N3O2/c32-26-18-30(20-11-5-2-6-12-20)28(33)25-17-22-21-13-7-8-14-23(21)29-27(22)24(31(25)26)16-15-19-9-3-1-4-10-19/h1,3-4,7-10,13-14,20,24-25,29H,2,5-6,11-12,15-18H2/t24?,25-/m1/s1. The van der Waals surface area contributed by atoms with Gasteiger partial charge in [-0.3, -0.25) is 9.59 Å². The Morgan fingerprint density at radius 2 is 1.67 bits per heavy atom. The first-order valence-corrected chi connectivity index (χ1v) is 12.5. The van der Waals surface area contributed by atoms with E-state index < -0.39 is 0 Å². The number of para-hydroxylation sites is 1. The molecular formula is C28H31N3O2. The third-order valence-electron chi connectivity index (χ3n) is 7.98. The van der Waals surface area contributed by atoms with Crippen LogP contribution in [-0.2, 0) is 22.4 Å². The zero-order chi connectivity index (χ0) is 22.4. The van der Waals surface area contributed by atoms with E-state index in [9.17, 15) is 9.59 Å². The number of nitrogens with one attached hydrogen (secondary N) is 1. The lowest BCUT2D eigenvalue weighted by Crippen LogP contribution is -2.64. The van der Waals surface area contributed by atoms with Crippen LogP contribution in [0, 0.1) is 0 Å². The molecule has 2 aromatic carbocycles. The molecule has 1 saturated heterocycles. The Balaban J connectivity index is 1.38. The number of amides is 2. The van der Waals surface area contributed by atoms with Crippen LogP contribution < -0.4 is 0 Å². The predicted molar refractivity (Wildman–Crippen MR) is 129 cm³/mol. The SMILES string of the molecule is O=C1[C@H]2Cc3c([nH]c4ccccc34)C(CCc3ccccc3)N2C(=O)CN1C1CCCCC1. The van der Waals surface area contributed by atoms with Crippen molar-refractivity contribution in [3.05, 3.63) is 71.4 Å². The molecule has 6 rings (SSSR count). The van der Waals surface area contributed by atoms with Gasteiger partial charge in [-0.2, -0.15) is 0 Å². The molecule has 3 aromatic rings. The summed E-state index contributed by atoms with van der Waals surface area (Å²) >= 11 is 0. The molecule has 1 unspecified atom stereocenters. The molecule has 2 amide bonds. The topological polar surface area (TPSA) is 56.4 Å². The predicted octanol–water partition coefficient (Wildman–Crippen LogP) is 4.77. The average Bonchev–Trinajstić information content (AvgIpc) is 3.24. The molecule has 5 nitrogen and oxygen atoms in total. The van der Waals surface area contributed by atoms with Crippen LogP contribution in [0.2, 0.25) is 0 Å². The lowest BCUT2D eigenvalue weighted by atomic mass is 9.85. The monoisotopic (exact) mass is 441 g/mol. The molecule has 0 spiro atoms. The number of aromatic nitrogens is 1. The summed E-state index contributed by atoms with van der Waals surface area (Å²) in [5.74, 6) is 0.259. The van der Waals surface area contributed by atoms with Crippen molar-refractivity contribution in [2.75, 3.05) is 6.54 Å². The lowest BCUT2D eigenvalue weighted by Gasteiger charge is -2.49. The Labute approximate surface area is 194 Å². The second kappa shape index (κ2) is 8.36. The molecule has 33 heavy (non-hydrogen) atoms. The molecule has 3 aliphatic rings. The summed E-state index contributed by atoms with van der Waals surface area (Å²) in [5.41, 5.74) is 4.69. The van der Waals surface area contributed by atoms with Gasteiger partial charge < -0.3 is 14.8 Å². The van der Waals surface area contributed by atoms with Gasteiger partial charge in [-0.1, -0.05) is 67.8 Å². The number of aryl methyl sites for hydroxylation is 1. The molecule has 1 aliphatic carbocycles. The van der Waals surface area contributed by atoms with E-state index in [4.69, 9.17) is 0 Å². The van der Waals surface area contributed by atoms with Crippen LogP contribution in [0.25, 0.3) is 10.9 Å². The summed E-state index contributed by atoms with van der Waals surface area (Å²) < 4.78 is 0. The lowest BCUT2D eigenvalue weighted by molar-refractivity contribution is -0.162. The van der Waals surface area contributed by atoms with E-state index in [1.807, 2.05) is 21.9 Å². The Bertz CT molecular complexity index is 1180. The van der Waals surface area contributed by atoms with Crippen LogP contribution in [0.1, 0.15) is 61.4 Å². The van der Waals surface area contributed by atoms with Crippen molar-refractivity contribution in [2.24, 2.45) is 0 Å². The van der Waals surface area contributed by atoms with Crippen molar-refractivity contribution in [1.82, 2.24) is 14.8 Å². The molecule has 5 heteroatoms. The fourth-order valence-electron chi connectivity index (χ4n) is 6.36. The fourth-order valence-corrected chi connectivity index (χ4v) is 6.36. The highest BCUT2D eigenvalue weighted by Gasteiger charge is 2.48. The van der Waals surface area contributed by atoms with Gasteiger partial charge in [0.25, 0.3) is 0 Å². The van der Waals surface area contributed by atoms with Gasteiger partial charge in [-0.25, -0.2) is 0 Å². The summed E-state index contributed by atoms with van der Waals surface area (Å²) in [6, 6.07) is 18.5. The third kappa shape index (κ3) is 3.54. The van der Waals surface area contributed by atoms with Crippen molar-refractivity contribution < 1.29 is 9.59 Å². The maximum Gasteiger partial charge on any atom is 0.246 e. The number of carbonyl (C=O) groups is 2.